The molecule has 0 saturated carbocycles. The van der Waals surface area contributed by atoms with Crippen LogP contribution in [-0.2, 0) is 10.1 Å². The molecule has 122 valence electrons. The molecule has 4 rings (SSSR count). The Kier molecular flexibility index (Phi) is 3.40. The van der Waals surface area contributed by atoms with E-state index in [1.807, 2.05) is 0 Å². The first-order valence-electron chi connectivity index (χ1n) is 6.80. The second-order valence-electron chi connectivity index (χ2n) is 5.28. The van der Waals surface area contributed by atoms with E-state index >= 15 is 0 Å². The first-order chi connectivity index (χ1) is 11.3. The van der Waals surface area contributed by atoms with E-state index in [9.17, 15) is 13.0 Å². The molecule has 4 aromatic rings. The van der Waals surface area contributed by atoms with Crippen molar-refractivity contribution < 1.29 is 17.4 Å². The molecule has 0 unspecified atom stereocenters. The van der Waals surface area contributed by atoms with Crippen LogP contribution in [0, 0.1) is 0 Å². The van der Waals surface area contributed by atoms with Gasteiger partial charge in [-0.05, 0) is 36.4 Å². The van der Waals surface area contributed by atoms with Crippen LogP contribution >= 0.6 is 23.2 Å². The number of hydrogen-bond acceptors (Lipinski definition) is 3. The average Bonchev–Trinajstić information content (AvgIpc) is 3.12. The predicted octanol–water partition coefficient (Wildman–Crippen LogP) is 5.13. The van der Waals surface area contributed by atoms with Gasteiger partial charge in [0.1, 0.15) is 10.7 Å². The van der Waals surface area contributed by atoms with Gasteiger partial charge in [0.2, 0.25) is 0 Å². The van der Waals surface area contributed by atoms with Crippen molar-refractivity contribution >= 4 is 55.1 Å². The van der Waals surface area contributed by atoms with Crippen molar-refractivity contribution in [3.63, 3.8) is 0 Å². The van der Waals surface area contributed by atoms with Gasteiger partial charge in [-0.15, -0.1) is 0 Å². The van der Waals surface area contributed by atoms with Crippen LogP contribution in [0.4, 0.5) is 0 Å². The summed E-state index contributed by atoms with van der Waals surface area (Å²) in [6, 6.07) is 9.74. The second kappa shape index (κ2) is 5.26. The molecule has 24 heavy (non-hydrogen) atoms. The molecule has 2 aromatic heterocycles. The predicted molar refractivity (Wildman–Crippen MR) is 93.3 cm³/mol. The Hall–Kier alpha value is -1.99. The summed E-state index contributed by atoms with van der Waals surface area (Å²) in [6.07, 6.45) is 1.53. The van der Waals surface area contributed by atoms with Gasteiger partial charge in [0, 0.05) is 26.4 Å². The van der Waals surface area contributed by atoms with Gasteiger partial charge in [0.25, 0.3) is 10.1 Å². The van der Waals surface area contributed by atoms with E-state index in [1.54, 1.807) is 30.3 Å². The third kappa shape index (κ3) is 2.39. The van der Waals surface area contributed by atoms with Gasteiger partial charge in [-0.2, -0.15) is 8.42 Å². The fourth-order valence-electron chi connectivity index (χ4n) is 2.83. The topological polar surface area (TPSA) is 83.3 Å². The number of nitrogens with one attached hydrogen (secondary N) is 1. The lowest BCUT2D eigenvalue weighted by molar-refractivity contribution is 0.484. The molecule has 0 aliphatic rings. The van der Waals surface area contributed by atoms with E-state index in [0.29, 0.717) is 32.6 Å². The molecule has 0 fully saturated rings. The number of fused-ring (bicyclic) bond motifs is 3. The van der Waals surface area contributed by atoms with Gasteiger partial charge in [-0.25, -0.2) is 0 Å². The summed E-state index contributed by atoms with van der Waals surface area (Å²) in [5, 5.41) is 1.87. The highest BCUT2D eigenvalue weighted by Gasteiger charge is 2.21. The molecular formula is C16H9Cl2NO4S. The number of halogens is 2. The third-order valence-corrected chi connectivity index (χ3v) is 5.09. The van der Waals surface area contributed by atoms with Crippen molar-refractivity contribution in [2.45, 2.75) is 4.90 Å². The minimum absolute atomic E-state index is 0.190. The van der Waals surface area contributed by atoms with Gasteiger partial charge >= 0.3 is 0 Å². The van der Waals surface area contributed by atoms with Crippen LogP contribution in [0.25, 0.3) is 33.1 Å². The monoisotopic (exact) mass is 381 g/mol. The quantitative estimate of drug-likeness (QED) is 0.471. The Balaban J connectivity index is 2.22. The molecule has 0 amide bonds. The standard InChI is InChI=1S/C16H9Cl2NO4S/c17-8-4-10-11-5-9(18)7-14(24(20,21)22)16(11)19-15(10)12(6-8)13-2-1-3-23-13/h1-7,19H,(H,20,21,22). The molecule has 0 aliphatic carbocycles. The molecule has 2 aromatic carbocycles. The summed E-state index contributed by atoms with van der Waals surface area (Å²) in [5.41, 5.74) is 1.57. The number of H-pyrrole nitrogens is 1. The van der Waals surface area contributed by atoms with Crippen LogP contribution in [0.5, 0.6) is 0 Å². The molecule has 8 heteroatoms. The zero-order valence-corrected chi connectivity index (χ0v) is 14.2. The van der Waals surface area contributed by atoms with Crippen LogP contribution in [0.15, 0.2) is 52.0 Å². The number of rotatable bonds is 2. The molecule has 2 N–H and O–H groups in total. The van der Waals surface area contributed by atoms with E-state index in [4.69, 9.17) is 27.6 Å². The molecule has 0 radical (unpaired) electrons. The normalized spacial score (nSPS) is 12.3. The molecule has 5 nitrogen and oxygen atoms in total. The Morgan fingerprint density at radius 2 is 1.67 bits per heavy atom. The lowest BCUT2D eigenvalue weighted by Gasteiger charge is -2.01. The minimum Gasteiger partial charge on any atom is -0.464 e. The highest BCUT2D eigenvalue weighted by Crippen LogP contribution is 2.39. The van der Waals surface area contributed by atoms with E-state index in [1.165, 1.54) is 12.3 Å². The summed E-state index contributed by atoms with van der Waals surface area (Å²) in [4.78, 5) is 2.76. The summed E-state index contributed by atoms with van der Waals surface area (Å²) >= 11 is 12.2. The van der Waals surface area contributed by atoms with Gasteiger partial charge in [0.15, 0.2) is 0 Å². The fourth-order valence-corrected chi connectivity index (χ4v) is 4.03. The first-order valence-corrected chi connectivity index (χ1v) is 9.00. The molecule has 0 saturated heterocycles. The van der Waals surface area contributed by atoms with Crippen molar-refractivity contribution in [1.82, 2.24) is 4.98 Å². The maximum atomic E-state index is 11.7. The Labute approximate surface area is 146 Å². The van der Waals surface area contributed by atoms with Crippen LogP contribution in [0.3, 0.4) is 0 Å². The SMILES string of the molecule is O=S(=O)(O)c1cc(Cl)cc2c1[nH]c1c(-c3ccco3)cc(Cl)cc12. The lowest BCUT2D eigenvalue weighted by atomic mass is 10.1. The van der Waals surface area contributed by atoms with Gasteiger partial charge < -0.3 is 9.40 Å². The van der Waals surface area contributed by atoms with Crippen LogP contribution < -0.4 is 0 Å². The summed E-state index contributed by atoms with van der Waals surface area (Å²) in [7, 11) is -4.45. The van der Waals surface area contributed by atoms with Gasteiger partial charge in [-0.3, -0.25) is 4.55 Å². The molecule has 0 spiro atoms. The van der Waals surface area contributed by atoms with Crippen molar-refractivity contribution in [3.8, 4) is 11.3 Å². The molecule has 0 aliphatic heterocycles. The average molecular weight is 382 g/mol. The minimum atomic E-state index is -4.45. The lowest BCUT2D eigenvalue weighted by Crippen LogP contribution is -1.99. The van der Waals surface area contributed by atoms with E-state index in [2.05, 4.69) is 4.98 Å². The zero-order chi connectivity index (χ0) is 17.1. The highest BCUT2D eigenvalue weighted by molar-refractivity contribution is 7.86. The third-order valence-electron chi connectivity index (χ3n) is 3.77. The Morgan fingerprint density at radius 3 is 2.29 bits per heavy atom. The fraction of sp³-hybridized carbons (Fsp3) is 0. The Morgan fingerprint density at radius 1 is 1.00 bits per heavy atom. The summed E-state index contributed by atoms with van der Waals surface area (Å²) in [6.45, 7) is 0. The molecular weight excluding hydrogens is 373 g/mol. The number of furan rings is 1. The van der Waals surface area contributed by atoms with Crippen LogP contribution in [0.1, 0.15) is 0 Å². The number of benzene rings is 2. The van der Waals surface area contributed by atoms with Crippen LogP contribution in [-0.4, -0.2) is 18.0 Å². The maximum Gasteiger partial charge on any atom is 0.296 e. The summed E-state index contributed by atoms with van der Waals surface area (Å²) in [5.74, 6) is 0.577. The van der Waals surface area contributed by atoms with Crippen LogP contribution in [0.2, 0.25) is 10.0 Å². The highest BCUT2D eigenvalue weighted by atomic mass is 35.5. The summed E-state index contributed by atoms with van der Waals surface area (Å²) < 4.78 is 38.3. The maximum absolute atomic E-state index is 11.7. The molecule has 0 atom stereocenters. The van der Waals surface area contributed by atoms with Gasteiger partial charge in [-0.1, -0.05) is 23.2 Å². The smallest absolute Gasteiger partial charge is 0.296 e. The first kappa shape index (κ1) is 15.5. The molecule has 2 heterocycles. The van der Waals surface area contributed by atoms with E-state index in [0.717, 1.165) is 0 Å². The van der Waals surface area contributed by atoms with Crippen molar-refractivity contribution in [2.75, 3.05) is 0 Å². The van der Waals surface area contributed by atoms with Crippen molar-refractivity contribution in [2.24, 2.45) is 0 Å². The van der Waals surface area contributed by atoms with E-state index < -0.39 is 10.1 Å². The number of aromatic nitrogens is 1. The second-order valence-corrected chi connectivity index (χ2v) is 7.54. The van der Waals surface area contributed by atoms with E-state index in [-0.39, 0.29) is 15.4 Å². The van der Waals surface area contributed by atoms with Crippen molar-refractivity contribution in [3.05, 3.63) is 52.7 Å². The Bertz CT molecular complexity index is 1190. The zero-order valence-electron chi connectivity index (χ0n) is 11.9. The number of aromatic amines is 1. The van der Waals surface area contributed by atoms with Crippen molar-refractivity contribution in [1.29, 1.82) is 0 Å². The number of hydrogen-bond donors (Lipinski definition) is 2. The van der Waals surface area contributed by atoms with Gasteiger partial charge in [0.05, 0.1) is 17.3 Å². The molecule has 0 bridgehead atoms. The largest absolute Gasteiger partial charge is 0.464 e.